The lowest BCUT2D eigenvalue weighted by molar-refractivity contribution is 0.0206. The van der Waals surface area contributed by atoms with E-state index in [0.29, 0.717) is 0 Å². The van der Waals surface area contributed by atoms with Gasteiger partial charge in [-0.25, -0.2) is 4.98 Å². The average Bonchev–Trinajstić information content (AvgIpc) is 2.70. The van der Waals surface area contributed by atoms with E-state index in [1.807, 2.05) is 18.2 Å². The van der Waals surface area contributed by atoms with Gasteiger partial charge in [-0.15, -0.1) is 0 Å². The maximum absolute atomic E-state index is 5.74. The highest BCUT2D eigenvalue weighted by molar-refractivity contribution is 7.99. The molecule has 0 fully saturated rings. The fourth-order valence-corrected chi connectivity index (χ4v) is 2.70. The number of aromatic amines is 1. The molecule has 0 atom stereocenters. The quantitative estimate of drug-likeness (QED) is 0.644. The molecule has 1 aromatic carbocycles. The number of nitrogens with two attached hydrogens (primary N) is 1. The first-order valence-electron chi connectivity index (χ1n) is 5.93. The van der Waals surface area contributed by atoms with Crippen molar-refractivity contribution in [2.45, 2.75) is 31.0 Å². The van der Waals surface area contributed by atoms with Gasteiger partial charge in [0.15, 0.2) is 5.16 Å². The number of methoxy groups -OCH3 is 1. The van der Waals surface area contributed by atoms with Crippen LogP contribution in [0.25, 0.3) is 11.0 Å². The second-order valence-corrected chi connectivity index (χ2v) is 5.96. The Labute approximate surface area is 111 Å². The standard InChI is InChI=1S/C13H19N3OS/c1-13(2,17-3)6-7-18-12-15-10-5-4-9(14)8-11(10)16-12/h4-5,8H,6-7,14H2,1-3H3,(H,15,16). The van der Waals surface area contributed by atoms with Gasteiger partial charge in [-0.2, -0.15) is 0 Å². The summed E-state index contributed by atoms with van der Waals surface area (Å²) in [5.41, 5.74) is 8.36. The number of aromatic nitrogens is 2. The third-order valence-corrected chi connectivity index (χ3v) is 3.85. The molecule has 0 amide bonds. The van der Waals surface area contributed by atoms with Crippen molar-refractivity contribution in [2.24, 2.45) is 0 Å². The van der Waals surface area contributed by atoms with Crippen molar-refractivity contribution in [3.63, 3.8) is 0 Å². The van der Waals surface area contributed by atoms with Crippen LogP contribution in [0.1, 0.15) is 20.3 Å². The maximum atomic E-state index is 5.74. The molecule has 0 unspecified atom stereocenters. The summed E-state index contributed by atoms with van der Waals surface area (Å²) in [6.07, 6.45) is 0.980. The Kier molecular flexibility index (Phi) is 3.82. The van der Waals surface area contributed by atoms with Crippen molar-refractivity contribution in [1.29, 1.82) is 0 Å². The fourth-order valence-electron chi connectivity index (χ4n) is 1.57. The van der Waals surface area contributed by atoms with Crippen LogP contribution in [-0.2, 0) is 4.74 Å². The number of nitrogens with one attached hydrogen (secondary N) is 1. The molecule has 0 saturated heterocycles. The normalized spacial score (nSPS) is 12.2. The number of thioether (sulfide) groups is 1. The van der Waals surface area contributed by atoms with E-state index in [0.717, 1.165) is 34.1 Å². The van der Waals surface area contributed by atoms with E-state index in [9.17, 15) is 0 Å². The van der Waals surface area contributed by atoms with E-state index in [1.54, 1.807) is 18.9 Å². The summed E-state index contributed by atoms with van der Waals surface area (Å²) in [5.74, 6) is 0.968. The number of nitrogens with zero attached hydrogens (tertiary/aromatic N) is 1. The van der Waals surface area contributed by atoms with Crippen molar-refractivity contribution in [3.8, 4) is 0 Å². The van der Waals surface area contributed by atoms with E-state index in [-0.39, 0.29) is 5.60 Å². The highest BCUT2D eigenvalue weighted by Crippen LogP contribution is 2.24. The summed E-state index contributed by atoms with van der Waals surface area (Å²) in [4.78, 5) is 7.78. The Morgan fingerprint density at radius 2 is 2.22 bits per heavy atom. The van der Waals surface area contributed by atoms with Crippen LogP contribution < -0.4 is 5.73 Å². The zero-order valence-corrected chi connectivity index (χ0v) is 11.8. The van der Waals surface area contributed by atoms with Crippen LogP contribution in [0.3, 0.4) is 0 Å². The van der Waals surface area contributed by atoms with Crippen molar-refractivity contribution in [3.05, 3.63) is 18.2 Å². The molecule has 0 aliphatic carbocycles. The molecular formula is C13H19N3OS. The Hall–Kier alpha value is -1.20. The summed E-state index contributed by atoms with van der Waals surface area (Å²) in [7, 11) is 1.74. The number of nitrogen functional groups attached to an aromatic ring is 1. The molecule has 0 saturated carbocycles. The number of hydrogen-bond acceptors (Lipinski definition) is 4. The first-order valence-corrected chi connectivity index (χ1v) is 6.92. The Balaban J connectivity index is 2.00. The number of hydrogen-bond donors (Lipinski definition) is 2. The molecule has 0 bridgehead atoms. The Morgan fingerprint density at radius 3 is 2.94 bits per heavy atom. The van der Waals surface area contributed by atoms with Crippen LogP contribution >= 0.6 is 11.8 Å². The fraction of sp³-hybridized carbons (Fsp3) is 0.462. The van der Waals surface area contributed by atoms with Gasteiger partial charge < -0.3 is 15.5 Å². The highest BCUT2D eigenvalue weighted by atomic mass is 32.2. The smallest absolute Gasteiger partial charge is 0.166 e. The van der Waals surface area contributed by atoms with Crippen molar-refractivity contribution in [1.82, 2.24) is 9.97 Å². The van der Waals surface area contributed by atoms with Crippen LogP contribution in [0.2, 0.25) is 0 Å². The Morgan fingerprint density at radius 1 is 1.44 bits per heavy atom. The molecule has 0 spiro atoms. The minimum atomic E-state index is -0.0799. The predicted octanol–water partition coefficient (Wildman–Crippen LogP) is 3.05. The molecule has 1 aromatic heterocycles. The first kappa shape index (κ1) is 13.2. The van der Waals surface area contributed by atoms with Gasteiger partial charge in [-0.3, -0.25) is 0 Å². The van der Waals surface area contributed by atoms with Crippen molar-refractivity contribution >= 4 is 28.5 Å². The molecular weight excluding hydrogens is 246 g/mol. The molecule has 18 heavy (non-hydrogen) atoms. The zero-order valence-electron chi connectivity index (χ0n) is 11.0. The van der Waals surface area contributed by atoms with Crippen LogP contribution in [0.5, 0.6) is 0 Å². The molecule has 2 aromatic rings. The van der Waals surface area contributed by atoms with Gasteiger partial charge in [-0.05, 0) is 38.5 Å². The molecule has 98 valence electrons. The van der Waals surface area contributed by atoms with Crippen LogP contribution in [0.4, 0.5) is 5.69 Å². The third kappa shape index (κ3) is 3.17. The van der Waals surface area contributed by atoms with Gasteiger partial charge in [0.05, 0.1) is 16.6 Å². The van der Waals surface area contributed by atoms with Crippen LogP contribution in [0.15, 0.2) is 23.4 Å². The van der Waals surface area contributed by atoms with Gasteiger partial charge in [0, 0.05) is 18.6 Å². The minimum Gasteiger partial charge on any atom is -0.399 e. The summed E-state index contributed by atoms with van der Waals surface area (Å²) < 4.78 is 5.39. The molecule has 0 radical (unpaired) electrons. The second-order valence-electron chi connectivity index (χ2n) is 4.88. The van der Waals surface area contributed by atoms with Crippen molar-refractivity contribution < 1.29 is 4.74 Å². The molecule has 5 heteroatoms. The molecule has 0 aliphatic heterocycles. The molecule has 1 heterocycles. The van der Waals surface area contributed by atoms with Gasteiger partial charge in [-0.1, -0.05) is 11.8 Å². The zero-order chi connectivity index (χ0) is 13.2. The number of fused-ring (bicyclic) bond motifs is 1. The van der Waals surface area contributed by atoms with E-state index in [2.05, 4.69) is 23.8 Å². The Bertz CT molecular complexity index is 536. The molecule has 2 rings (SSSR count). The first-order chi connectivity index (χ1) is 8.50. The van der Waals surface area contributed by atoms with Gasteiger partial charge in [0.25, 0.3) is 0 Å². The summed E-state index contributed by atoms with van der Waals surface area (Å²) in [5, 5.41) is 0.933. The number of H-pyrrole nitrogens is 1. The predicted molar refractivity (Wildman–Crippen MR) is 76.9 cm³/mol. The van der Waals surface area contributed by atoms with Gasteiger partial charge in [0.1, 0.15) is 0 Å². The lowest BCUT2D eigenvalue weighted by Crippen LogP contribution is -2.22. The largest absolute Gasteiger partial charge is 0.399 e. The van der Waals surface area contributed by atoms with Gasteiger partial charge >= 0.3 is 0 Å². The summed E-state index contributed by atoms with van der Waals surface area (Å²) in [6.45, 7) is 4.18. The highest BCUT2D eigenvalue weighted by Gasteiger charge is 2.16. The number of ether oxygens (including phenoxy) is 1. The molecule has 4 nitrogen and oxygen atoms in total. The number of imidazole rings is 1. The summed E-state index contributed by atoms with van der Waals surface area (Å²) >= 11 is 1.71. The third-order valence-electron chi connectivity index (χ3n) is 2.98. The average molecular weight is 265 g/mol. The monoisotopic (exact) mass is 265 g/mol. The minimum absolute atomic E-state index is 0.0799. The lowest BCUT2D eigenvalue weighted by atomic mass is 10.1. The topological polar surface area (TPSA) is 63.9 Å². The van der Waals surface area contributed by atoms with Crippen LogP contribution in [0, 0.1) is 0 Å². The van der Waals surface area contributed by atoms with Crippen LogP contribution in [-0.4, -0.2) is 28.4 Å². The lowest BCUT2D eigenvalue weighted by Gasteiger charge is -2.21. The van der Waals surface area contributed by atoms with E-state index < -0.39 is 0 Å². The second kappa shape index (κ2) is 5.20. The van der Waals surface area contributed by atoms with E-state index in [4.69, 9.17) is 10.5 Å². The van der Waals surface area contributed by atoms with Gasteiger partial charge in [0.2, 0.25) is 0 Å². The SMILES string of the molecule is COC(C)(C)CCSc1nc2ccc(N)cc2[nH]1. The van der Waals surface area contributed by atoms with E-state index >= 15 is 0 Å². The molecule has 0 aliphatic rings. The number of benzene rings is 1. The van der Waals surface area contributed by atoms with Crippen molar-refractivity contribution in [2.75, 3.05) is 18.6 Å². The number of anilines is 1. The summed E-state index contributed by atoms with van der Waals surface area (Å²) in [6, 6.07) is 5.71. The van der Waals surface area contributed by atoms with E-state index in [1.165, 1.54) is 0 Å². The maximum Gasteiger partial charge on any atom is 0.166 e. The molecule has 3 N–H and O–H groups in total. The number of rotatable bonds is 5.